The summed E-state index contributed by atoms with van der Waals surface area (Å²) in [5.74, 6) is 2.07. The number of amides is 1. The molecule has 2 aromatic rings. The monoisotopic (exact) mass is 427 g/mol. The average molecular weight is 428 g/mol. The molecule has 7 heteroatoms. The van der Waals surface area contributed by atoms with E-state index in [1.807, 2.05) is 18.2 Å². The van der Waals surface area contributed by atoms with Gasteiger partial charge in [-0.05, 0) is 74.7 Å². The SMILES string of the molecule is CC1CCCN(CCCNC(=O)C2CCN(c3ccc(-c4cccs4)nn3)CC2)C1. The number of carbonyl (C=O) groups excluding carboxylic acids is 1. The van der Waals surface area contributed by atoms with E-state index in [9.17, 15) is 4.79 Å². The molecule has 2 aromatic heterocycles. The van der Waals surface area contributed by atoms with Gasteiger partial charge in [0.25, 0.3) is 0 Å². The Morgan fingerprint density at radius 1 is 1.17 bits per heavy atom. The predicted molar refractivity (Wildman–Crippen MR) is 123 cm³/mol. The van der Waals surface area contributed by atoms with Crippen molar-refractivity contribution in [1.82, 2.24) is 20.4 Å². The van der Waals surface area contributed by atoms with E-state index in [4.69, 9.17) is 0 Å². The van der Waals surface area contributed by atoms with Crippen molar-refractivity contribution in [3.05, 3.63) is 29.6 Å². The van der Waals surface area contributed by atoms with Gasteiger partial charge in [-0.1, -0.05) is 13.0 Å². The minimum atomic E-state index is 0.120. The highest BCUT2D eigenvalue weighted by Gasteiger charge is 2.25. The van der Waals surface area contributed by atoms with Gasteiger partial charge >= 0.3 is 0 Å². The molecule has 4 heterocycles. The fraction of sp³-hybridized carbons (Fsp3) is 0.609. The second kappa shape index (κ2) is 10.4. The molecular formula is C23H33N5OS. The normalized spacial score (nSPS) is 21.0. The summed E-state index contributed by atoms with van der Waals surface area (Å²) in [6, 6.07) is 8.17. The first-order valence-corrected chi connectivity index (χ1v) is 12.2. The van der Waals surface area contributed by atoms with Crippen molar-refractivity contribution in [2.24, 2.45) is 11.8 Å². The zero-order valence-corrected chi connectivity index (χ0v) is 18.7. The lowest BCUT2D eigenvalue weighted by Gasteiger charge is -2.32. The highest BCUT2D eigenvalue weighted by atomic mass is 32.1. The molecule has 4 rings (SSSR count). The summed E-state index contributed by atoms with van der Waals surface area (Å²) in [5, 5.41) is 14.0. The van der Waals surface area contributed by atoms with Gasteiger partial charge < -0.3 is 15.1 Å². The number of likely N-dealkylation sites (tertiary alicyclic amines) is 1. The molecule has 0 radical (unpaired) electrons. The maximum absolute atomic E-state index is 12.6. The number of rotatable bonds is 7. The fourth-order valence-corrected chi connectivity index (χ4v) is 5.26. The van der Waals surface area contributed by atoms with Gasteiger partial charge in [-0.2, -0.15) is 0 Å². The second-order valence-electron chi connectivity index (χ2n) is 8.71. The van der Waals surface area contributed by atoms with Crippen LogP contribution in [0.1, 0.15) is 39.0 Å². The molecule has 2 saturated heterocycles. The molecule has 1 atom stereocenters. The van der Waals surface area contributed by atoms with Crippen molar-refractivity contribution in [3.63, 3.8) is 0 Å². The Hall–Kier alpha value is -1.99. The minimum absolute atomic E-state index is 0.120. The van der Waals surface area contributed by atoms with Crippen LogP contribution >= 0.6 is 11.3 Å². The molecule has 2 aliphatic heterocycles. The molecule has 2 fully saturated rings. The Kier molecular flexibility index (Phi) is 7.33. The van der Waals surface area contributed by atoms with Crippen LogP contribution in [-0.4, -0.2) is 60.3 Å². The van der Waals surface area contributed by atoms with Crippen LogP contribution in [0, 0.1) is 11.8 Å². The first-order valence-electron chi connectivity index (χ1n) is 11.3. The molecule has 0 spiro atoms. The summed E-state index contributed by atoms with van der Waals surface area (Å²) in [4.78, 5) is 18.5. The van der Waals surface area contributed by atoms with Crippen molar-refractivity contribution in [1.29, 1.82) is 0 Å². The number of piperidine rings is 2. The van der Waals surface area contributed by atoms with Gasteiger partial charge in [0.2, 0.25) is 5.91 Å². The molecule has 0 bridgehead atoms. The van der Waals surface area contributed by atoms with Crippen LogP contribution in [0.25, 0.3) is 10.6 Å². The van der Waals surface area contributed by atoms with E-state index >= 15 is 0 Å². The standard InChI is InChI=1S/C23H33N5OS/c1-18-5-2-12-27(17-18)13-4-11-24-23(29)19-9-14-28(15-10-19)22-8-7-20(25-26-22)21-6-3-16-30-21/h3,6-8,16,18-19H,2,4-5,9-15,17H2,1H3,(H,24,29). The molecule has 0 aromatic carbocycles. The number of nitrogens with zero attached hydrogens (tertiary/aromatic N) is 4. The summed E-state index contributed by atoms with van der Waals surface area (Å²) < 4.78 is 0. The van der Waals surface area contributed by atoms with Gasteiger partial charge in [0.05, 0.1) is 4.88 Å². The molecular weight excluding hydrogens is 394 g/mol. The topological polar surface area (TPSA) is 61.4 Å². The maximum Gasteiger partial charge on any atom is 0.223 e. The van der Waals surface area contributed by atoms with E-state index < -0.39 is 0 Å². The molecule has 162 valence electrons. The molecule has 1 unspecified atom stereocenters. The number of aromatic nitrogens is 2. The largest absolute Gasteiger partial charge is 0.356 e. The summed E-state index contributed by atoms with van der Waals surface area (Å²) in [6.45, 7) is 8.37. The number of hydrogen-bond acceptors (Lipinski definition) is 6. The average Bonchev–Trinajstić information content (AvgIpc) is 3.32. The third-order valence-electron chi connectivity index (χ3n) is 6.31. The smallest absolute Gasteiger partial charge is 0.223 e. The third kappa shape index (κ3) is 5.58. The Morgan fingerprint density at radius 3 is 2.73 bits per heavy atom. The van der Waals surface area contributed by atoms with E-state index in [1.165, 1.54) is 25.9 Å². The predicted octanol–water partition coefficient (Wildman–Crippen LogP) is 3.66. The lowest BCUT2D eigenvalue weighted by Crippen LogP contribution is -2.42. The van der Waals surface area contributed by atoms with Gasteiger partial charge in [0.1, 0.15) is 5.69 Å². The highest BCUT2D eigenvalue weighted by molar-refractivity contribution is 7.13. The number of thiophene rings is 1. The first-order chi connectivity index (χ1) is 14.7. The Morgan fingerprint density at radius 2 is 2.03 bits per heavy atom. The number of hydrogen-bond donors (Lipinski definition) is 1. The second-order valence-corrected chi connectivity index (χ2v) is 9.66. The molecule has 30 heavy (non-hydrogen) atoms. The molecule has 2 aliphatic rings. The summed E-state index contributed by atoms with van der Waals surface area (Å²) in [7, 11) is 0. The van der Waals surface area contributed by atoms with Crippen molar-refractivity contribution in [3.8, 4) is 10.6 Å². The van der Waals surface area contributed by atoms with Gasteiger partial charge in [-0.25, -0.2) is 0 Å². The number of carbonyl (C=O) groups is 1. The third-order valence-corrected chi connectivity index (χ3v) is 7.20. The van der Waals surface area contributed by atoms with Crippen molar-refractivity contribution >= 4 is 23.1 Å². The molecule has 6 nitrogen and oxygen atoms in total. The Labute approximate surface area is 183 Å². The number of anilines is 1. The Balaban J connectivity index is 1.16. The van der Waals surface area contributed by atoms with Gasteiger partial charge in [0, 0.05) is 32.1 Å². The van der Waals surface area contributed by atoms with Gasteiger partial charge in [0.15, 0.2) is 5.82 Å². The van der Waals surface area contributed by atoms with Crippen LogP contribution in [0.15, 0.2) is 29.6 Å². The Bertz CT molecular complexity index is 786. The van der Waals surface area contributed by atoms with Crippen molar-refractivity contribution < 1.29 is 4.79 Å². The number of nitrogens with one attached hydrogen (secondary N) is 1. The fourth-order valence-electron chi connectivity index (χ4n) is 4.57. The van der Waals surface area contributed by atoms with E-state index in [1.54, 1.807) is 11.3 Å². The van der Waals surface area contributed by atoms with Crippen LogP contribution < -0.4 is 10.2 Å². The van der Waals surface area contributed by atoms with Crippen molar-refractivity contribution in [2.45, 2.75) is 39.0 Å². The van der Waals surface area contributed by atoms with E-state index in [-0.39, 0.29) is 11.8 Å². The van der Waals surface area contributed by atoms with E-state index in [0.29, 0.717) is 0 Å². The summed E-state index contributed by atoms with van der Waals surface area (Å²) in [5.41, 5.74) is 0.919. The van der Waals surface area contributed by atoms with Crippen LogP contribution in [-0.2, 0) is 4.79 Å². The maximum atomic E-state index is 12.6. The van der Waals surface area contributed by atoms with Crippen LogP contribution in [0.4, 0.5) is 5.82 Å². The van der Waals surface area contributed by atoms with Crippen LogP contribution in [0.5, 0.6) is 0 Å². The first kappa shape index (κ1) is 21.2. The van der Waals surface area contributed by atoms with Gasteiger partial charge in [-0.3, -0.25) is 4.79 Å². The van der Waals surface area contributed by atoms with E-state index in [2.05, 4.69) is 43.7 Å². The minimum Gasteiger partial charge on any atom is -0.356 e. The highest BCUT2D eigenvalue weighted by Crippen LogP contribution is 2.25. The summed E-state index contributed by atoms with van der Waals surface area (Å²) >= 11 is 1.67. The lowest BCUT2D eigenvalue weighted by atomic mass is 9.96. The zero-order chi connectivity index (χ0) is 20.8. The van der Waals surface area contributed by atoms with E-state index in [0.717, 1.165) is 67.7 Å². The van der Waals surface area contributed by atoms with Crippen LogP contribution in [0.3, 0.4) is 0 Å². The summed E-state index contributed by atoms with van der Waals surface area (Å²) in [6.07, 6.45) is 5.47. The van der Waals surface area contributed by atoms with Crippen molar-refractivity contribution in [2.75, 3.05) is 44.2 Å². The quantitative estimate of drug-likeness (QED) is 0.684. The molecule has 1 amide bonds. The molecule has 1 N–H and O–H groups in total. The molecule has 0 saturated carbocycles. The molecule has 0 aliphatic carbocycles. The zero-order valence-electron chi connectivity index (χ0n) is 17.9. The van der Waals surface area contributed by atoms with Gasteiger partial charge in [-0.15, -0.1) is 21.5 Å². The van der Waals surface area contributed by atoms with Crippen LogP contribution in [0.2, 0.25) is 0 Å². The lowest BCUT2D eigenvalue weighted by molar-refractivity contribution is -0.125.